The average molecular weight is 471 g/mol. The van der Waals surface area contributed by atoms with Crippen molar-refractivity contribution in [3.63, 3.8) is 0 Å². The Balaban J connectivity index is 1.85. The number of nitrogens with zero attached hydrogens (tertiary/aromatic N) is 1. The number of carbonyl (C=O) groups is 1. The van der Waals surface area contributed by atoms with Gasteiger partial charge in [-0.25, -0.2) is 17.6 Å². The van der Waals surface area contributed by atoms with Gasteiger partial charge in [0.1, 0.15) is 18.2 Å². The predicted molar refractivity (Wildman–Crippen MR) is 113 cm³/mol. The molecule has 1 atom stereocenters. The lowest BCUT2D eigenvalue weighted by molar-refractivity contribution is -0.161. The Bertz CT molecular complexity index is 1040. The largest absolute Gasteiger partial charge is 0.489 e. The van der Waals surface area contributed by atoms with E-state index >= 15 is 0 Å². The maximum atomic E-state index is 13.3. The molecule has 0 saturated carbocycles. The molecule has 1 fully saturated rings. The summed E-state index contributed by atoms with van der Waals surface area (Å²) in [6, 6.07) is 11.3. The molecule has 1 aliphatic heterocycles. The van der Waals surface area contributed by atoms with Gasteiger partial charge in [0.2, 0.25) is 15.7 Å². The minimum atomic E-state index is -4.27. The molecule has 2 aromatic rings. The van der Waals surface area contributed by atoms with Crippen LogP contribution in [0.15, 0.2) is 53.4 Å². The summed E-state index contributed by atoms with van der Waals surface area (Å²) in [5.74, 6) is -1.10. The molecule has 0 bridgehead atoms. The first-order valence-corrected chi connectivity index (χ1v) is 11.8. The minimum Gasteiger partial charge on any atom is -0.489 e. The van der Waals surface area contributed by atoms with Crippen LogP contribution in [-0.2, 0) is 21.4 Å². The molecule has 31 heavy (non-hydrogen) atoms. The van der Waals surface area contributed by atoms with Crippen LogP contribution in [0.3, 0.4) is 0 Å². The molecule has 1 saturated heterocycles. The molecule has 0 spiro atoms. The van der Waals surface area contributed by atoms with Crippen molar-refractivity contribution >= 4 is 27.8 Å². The van der Waals surface area contributed by atoms with Crippen molar-refractivity contribution in [1.82, 2.24) is 9.79 Å². The molecular weight excluding hydrogens is 447 g/mol. The van der Waals surface area contributed by atoms with Crippen molar-refractivity contribution < 1.29 is 32.7 Å². The van der Waals surface area contributed by atoms with E-state index in [2.05, 4.69) is 0 Å². The number of thioether (sulfide) groups is 1. The standard InChI is InChI=1S/C20H23FN2O6S2/c1-19(2)20(22-26,18(24)25)23(11-12-30-19)31(27,28)17-9-7-16(8-10-17)29-13-14-3-5-15(21)6-4-14/h3-10,22,26H,11-13H2,1-2H3,(H,24,25)/t20-/m0/s1. The number of ether oxygens (including phenoxy) is 1. The summed E-state index contributed by atoms with van der Waals surface area (Å²) in [6.07, 6.45) is 0. The molecule has 3 N–H and O–H groups in total. The zero-order valence-electron chi connectivity index (χ0n) is 16.9. The second-order valence-corrected chi connectivity index (χ2v) is 11.0. The van der Waals surface area contributed by atoms with Crippen molar-refractivity contribution in [2.24, 2.45) is 0 Å². The lowest BCUT2D eigenvalue weighted by Crippen LogP contribution is -2.75. The molecule has 1 heterocycles. The van der Waals surface area contributed by atoms with Crippen molar-refractivity contribution in [2.45, 2.75) is 35.8 Å². The minimum absolute atomic E-state index is 0.0981. The van der Waals surface area contributed by atoms with E-state index in [0.29, 0.717) is 11.5 Å². The van der Waals surface area contributed by atoms with E-state index in [9.17, 15) is 27.9 Å². The third-order valence-corrected chi connectivity index (χ3v) is 8.51. The normalized spacial score (nSPS) is 21.5. The fraction of sp³-hybridized carbons (Fsp3) is 0.350. The molecule has 3 rings (SSSR count). The Labute approximate surface area is 184 Å². The number of benzene rings is 2. The van der Waals surface area contributed by atoms with Crippen LogP contribution in [0.5, 0.6) is 5.75 Å². The zero-order chi connectivity index (χ0) is 22.9. The van der Waals surface area contributed by atoms with E-state index in [-0.39, 0.29) is 23.9 Å². The van der Waals surface area contributed by atoms with Crippen LogP contribution in [-0.4, -0.2) is 51.7 Å². The molecule has 0 radical (unpaired) electrons. The number of hydroxylamine groups is 1. The molecule has 11 heteroatoms. The second-order valence-electron chi connectivity index (χ2n) is 7.45. The predicted octanol–water partition coefficient (Wildman–Crippen LogP) is 2.68. The van der Waals surface area contributed by atoms with Crippen LogP contribution < -0.4 is 10.2 Å². The fourth-order valence-corrected chi connectivity index (χ4v) is 6.62. The summed E-state index contributed by atoms with van der Waals surface area (Å²) in [7, 11) is -4.27. The Morgan fingerprint density at radius 2 is 1.81 bits per heavy atom. The molecule has 2 aromatic carbocycles. The van der Waals surface area contributed by atoms with E-state index in [1.165, 1.54) is 48.2 Å². The molecule has 1 aliphatic rings. The van der Waals surface area contributed by atoms with Gasteiger partial charge in [0.15, 0.2) is 0 Å². The highest BCUT2D eigenvalue weighted by Crippen LogP contribution is 2.44. The van der Waals surface area contributed by atoms with Crippen molar-refractivity contribution in [1.29, 1.82) is 0 Å². The number of rotatable bonds is 7. The maximum Gasteiger partial charge on any atom is 0.343 e. The highest BCUT2D eigenvalue weighted by atomic mass is 32.2. The Morgan fingerprint density at radius 1 is 1.19 bits per heavy atom. The second kappa shape index (κ2) is 8.75. The van der Waals surface area contributed by atoms with Crippen LogP contribution in [0.1, 0.15) is 19.4 Å². The highest BCUT2D eigenvalue weighted by molar-refractivity contribution is 8.01. The number of aliphatic carboxylic acids is 1. The number of sulfonamides is 1. The van der Waals surface area contributed by atoms with Gasteiger partial charge in [-0.05, 0) is 55.8 Å². The molecule has 8 nitrogen and oxygen atoms in total. The zero-order valence-corrected chi connectivity index (χ0v) is 18.5. The SMILES string of the molecule is CC1(C)SCCN(S(=O)(=O)c2ccc(OCc3ccc(F)cc3)cc2)[C@@]1(NO)C(=O)O. The molecule has 0 amide bonds. The number of hydrogen-bond acceptors (Lipinski definition) is 7. The van der Waals surface area contributed by atoms with E-state index in [0.717, 1.165) is 9.87 Å². The highest BCUT2D eigenvalue weighted by Gasteiger charge is 2.62. The monoisotopic (exact) mass is 470 g/mol. The van der Waals surface area contributed by atoms with E-state index in [1.54, 1.807) is 31.5 Å². The van der Waals surface area contributed by atoms with Crippen LogP contribution in [0.4, 0.5) is 4.39 Å². The third-order valence-electron chi connectivity index (χ3n) is 5.20. The first kappa shape index (κ1) is 23.5. The molecular formula is C20H23FN2O6S2. The molecule has 0 aromatic heterocycles. The Hall–Kier alpha value is -2.18. The Morgan fingerprint density at radius 3 is 2.35 bits per heavy atom. The Kier molecular flexibility index (Phi) is 6.63. The summed E-state index contributed by atoms with van der Waals surface area (Å²) >= 11 is 1.25. The van der Waals surface area contributed by atoms with Gasteiger partial charge in [-0.2, -0.15) is 21.5 Å². The van der Waals surface area contributed by atoms with Gasteiger partial charge < -0.3 is 15.1 Å². The van der Waals surface area contributed by atoms with Crippen LogP contribution >= 0.6 is 11.8 Å². The van der Waals surface area contributed by atoms with E-state index < -0.39 is 26.4 Å². The number of hydrogen-bond donors (Lipinski definition) is 3. The number of halogens is 1. The van der Waals surface area contributed by atoms with Gasteiger partial charge in [0.05, 0.1) is 9.64 Å². The van der Waals surface area contributed by atoms with E-state index in [1.807, 2.05) is 0 Å². The summed E-state index contributed by atoms with van der Waals surface area (Å²) in [4.78, 5) is 12.0. The van der Waals surface area contributed by atoms with Crippen molar-refractivity contribution in [3.8, 4) is 5.75 Å². The third kappa shape index (κ3) is 4.28. The smallest absolute Gasteiger partial charge is 0.343 e. The lowest BCUT2D eigenvalue weighted by atomic mass is 9.95. The van der Waals surface area contributed by atoms with Crippen LogP contribution in [0.25, 0.3) is 0 Å². The average Bonchev–Trinajstić information content (AvgIpc) is 2.72. The van der Waals surface area contributed by atoms with Crippen LogP contribution in [0, 0.1) is 5.82 Å². The summed E-state index contributed by atoms with van der Waals surface area (Å²) in [5, 5.41) is 19.6. The van der Waals surface area contributed by atoms with Crippen molar-refractivity contribution in [3.05, 3.63) is 59.9 Å². The number of carboxylic acid groups (broad SMARTS) is 1. The van der Waals surface area contributed by atoms with Gasteiger partial charge in [-0.1, -0.05) is 12.1 Å². The van der Waals surface area contributed by atoms with Gasteiger partial charge >= 0.3 is 5.97 Å². The topological polar surface area (TPSA) is 116 Å². The molecule has 0 unspecified atom stereocenters. The van der Waals surface area contributed by atoms with Gasteiger partial charge in [-0.15, -0.1) is 0 Å². The first-order chi connectivity index (χ1) is 14.5. The summed E-state index contributed by atoms with van der Waals surface area (Å²) in [6.45, 7) is 3.19. The molecule has 168 valence electrons. The lowest BCUT2D eigenvalue weighted by Gasteiger charge is -2.50. The number of carboxylic acids is 1. The first-order valence-electron chi connectivity index (χ1n) is 9.33. The van der Waals surface area contributed by atoms with Crippen molar-refractivity contribution in [2.75, 3.05) is 12.3 Å². The van der Waals surface area contributed by atoms with E-state index in [4.69, 9.17) is 4.74 Å². The summed E-state index contributed by atoms with van der Waals surface area (Å²) < 4.78 is 44.8. The molecule has 0 aliphatic carbocycles. The van der Waals surface area contributed by atoms with Gasteiger partial charge in [0.25, 0.3) is 0 Å². The quantitative estimate of drug-likeness (QED) is 0.529. The number of nitrogens with one attached hydrogen (secondary N) is 1. The fourth-order valence-electron chi connectivity index (χ4n) is 3.44. The van der Waals surface area contributed by atoms with Gasteiger partial charge in [0, 0.05) is 12.3 Å². The maximum absolute atomic E-state index is 13.3. The summed E-state index contributed by atoms with van der Waals surface area (Å²) in [5.41, 5.74) is 0.260. The van der Waals surface area contributed by atoms with Crippen LogP contribution in [0.2, 0.25) is 0 Å². The van der Waals surface area contributed by atoms with Gasteiger partial charge in [-0.3, -0.25) is 0 Å².